The second-order valence-electron chi connectivity index (χ2n) is 4.40. The average Bonchev–Trinajstić information content (AvgIpc) is 2.39. The molecule has 1 aromatic rings. The Kier molecular flexibility index (Phi) is 7.62. The van der Waals surface area contributed by atoms with E-state index in [9.17, 15) is 4.39 Å². The first-order valence-electron chi connectivity index (χ1n) is 6.85. The maximum atomic E-state index is 13.6. The number of benzene rings is 1. The van der Waals surface area contributed by atoms with Gasteiger partial charge in [0.15, 0.2) is 0 Å². The van der Waals surface area contributed by atoms with Gasteiger partial charge in [-0.3, -0.25) is 0 Å². The topological polar surface area (TPSA) is 21.3 Å². The van der Waals surface area contributed by atoms with Crippen LogP contribution in [0.4, 0.5) is 4.39 Å². The summed E-state index contributed by atoms with van der Waals surface area (Å²) in [4.78, 5) is 0. The van der Waals surface area contributed by atoms with Crippen LogP contribution in [0.15, 0.2) is 24.3 Å². The van der Waals surface area contributed by atoms with Crippen molar-refractivity contribution in [1.82, 2.24) is 5.32 Å². The average molecular weight is 253 g/mol. The zero-order chi connectivity index (χ0) is 13.2. The molecule has 1 aromatic carbocycles. The highest BCUT2D eigenvalue weighted by atomic mass is 19.1. The Morgan fingerprint density at radius 2 is 2.00 bits per heavy atom. The summed E-state index contributed by atoms with van der Waals surface area (Å²) >= 11 is 0. The van der Waals surface area contributed by atoms with Crippen molar-refractivity contribution in [2.75, 3.05) is 19.8 Å². The molecule has 0 amide bonds. The number of hydrogen-bond donors (Lipinski definition) is 1. The normalized spacial score (nSPS) is 12.6. The quantitative estimate of drug-likeness (QED) is 0.678. The van der Waals surface area contributed by atoms with Gasteiger partial charge >= 0.3 is 0 Å². The summed E-state index contributed by atoms with van der Waals surface area (Å²) in [5.41, 5.74) is 0.744. The molecule has 0 bridgehead atoms. The predicted molar refractivity (Wildman–Crippen MR) is 73.2 cm³/mol. The molecular formula is C15H24FNO. The zero-order valence-corrected chi connectivity index (χ0v) is 11.4. The third-order valence-corrected chi connectivity index (χ3v) is 2.97. The third kappa shape index (κ3) is 5.15. The fraction of sp³-hybridized carbons (Fsp3) is 0.600. The van der Waals surface area contributed by atoms with Crippen molar-refractivity contribution in [1.29, 1.82) is 0 Å². The van der Waals surface area contributed by atoms with E-state index in [0.717, 1.165) is 38.0 Å². The fourth-order valence-electron chi connectivity index (χ4n) is 1.89. The Morgan fingerprint density at radius 3 is 2.67 bits per heavy atom. The van der Waals surface area contributed by atoms with E-state index < -0.39 is 0 Å². The van der Waals surface area contributed by atoms with Gasteiger partial charge in [0.2, 0.25) is 0 Å². The molecule has 102 valence electrons. The van der Waals surface area contributed by atoms with Gasteiger partial charge in [0.05, 0.1) is 6.61 Å². The van der Waals surface area contributed by atoms with Gasteiger partial charge < -0.3 is 10.1 Å². The lowest BCUT2D eigenvalue weighted by atomic mass is 10.0. The smallest absolute Gasteiger partial charge is 0.127 e. The molecule has 0 heterocycles. The molecule has 0 saturated carbocycles. The van der Waals surface area contributed by atoms with Crippen molar-refractivity contribution >= 4 is 0 Å². The van der Waals surface area contributed by atoms with Crippen LogP contribution in [0.2, 0.25) is 0 Å². The van der Waals surface area contributed by atoms with E-state index in [4.69, 9.17) is 4.74 Å². The number of unbranched alkanes of at least 4 members (excludes halogenated alkanes) is 1. The van der Waals surface area contributed by atoms with Gasteiger partial charge in [0.25, 0.3) is 0 Å². The fourth-order valence-corrected chi connectivity index (χ4v) is 1.89. The van der Waals surface area contributed by atoms with E-state index in [-0.39, 0.29) is 11.9 Å². The van der Waals surface area contributed by atoms with Crippen LogP contribution in [-0.4, -0.2) is 19.8 Å². The largest absolute Gasteiger partial charge is 0.380 e. The predicted octanol–water partition coefficient (Wildman–Crippen LogP) is 3.68. The van der Waals surface area contributed by atoms with E-state index in [2.05, 4.69) is 19.2 Å². The molecule has 0 saturated heterocycles. The van der Waals surface area contributed by atoms with Gasteiger partial charge in [-0.05, 0) is 18.9 Å². The molecule has 18 heavy (non-hydrogen) atoms. The molecular weight excluding hydrogens is 229 g/mol. The summed E-state index contributed by atoms with van der Waals surface area (Å²) < 4.78 is 19.1. The first-order chi connectivity index (χ1) is 8.79. The first kappa shape index (κ1) is 15.1. The molecule has 3 heteroatoms. The Labute approximate surface area is 110 Å². The Balaban J connectivity index is 2.32. The standard InChI is InChI=1S/C15H24FNO/c1-3-5-11-18-12-10-17-15(4-2)13-8-6-7-9-14(13)16/h6-9,15,17H,3-5,10-12H2,1-2H3. The molecule has 0 fully saturated rings. The van der Waals surface area contributed by atoms with Crippen LogP contribution in [-0.2, 0) is 4.74 Å². The van der Waals surface area contributed by atoms with Crippen molar-refractivity contribution in [3.8, 4) is 0 Å². The highest BCUT2D eigenvalue weighted by Crippen LogP contribution is 2.19. The second-order valence-corrected chi connectivity index (χ2v) is 4.40. The molecule has 1 unspecified atom stereocenters. The van der Waals surface area contributed by atoms with Gasteiger partial charge in [-0.2, -0.15) is 0 Å². The minimum Gasteiger partial charge on any atom is -0.380 e. The minimum atomic E-state index is -0.135. The monoisotopic (exact) mass is 253 g/mol. The van der Waals surface area contributed by atoms with Crippen molar-refractivity contribution in [2.45, 2.75) is 39.2 Å². The highest BCUT2D eigenvalue weighted by Gasteiger charge is 2.12. The van der Waals surface area contributed by atoms with Crippen LogP contribution in [0.25, 0.3) is 0 Å². The highest BCUT2D eigenvalue weighted by molar-refractivity contribution is 5.20. The van der Waals surface area contributed by atoms with Crippen molar-refractivity contribution in [3.05, 3.63) is 35.6 Å². The molecule has 0 aliphatic heterocycles. The molecule has 0 spiro atoms. The van der Waals surface area contributed by atoms with E-state index in [1.165, 1.54) is 6.07 Å². The van der Waals surface area contributed by atoms with Gasteiger partial charge in [-0.15, -0.1) is 0 Å². The van der Waals surface area contributed by atoms with Crippen molar-refractivity contribution in [3.63, 3.8) is 0 Å². The molecule has 0 aliphatic carbocycles. The molecule has 0 radical (unpaired) electrons. The second kappa shape index (κ2) is 9.06. The van der Waals surface area contributed by atoms with Gasteiger partial charge in [-0.1, -0.05) is 38.5 Å². The summed E-state index contributed by atoms with van der Waals surface area (Å²) in [6.45, 7) is 6.46. The number of nitrogens with one attached hydrogen (secondary N) is 1. The van der Waals surface area contributed by atoms with E-state index in [1.54, 1.807) is 6.07 Å². The van der Waals surface area contributed by atoms with Gasteiger partial charge in [0.1, 0.15) is 5.82 Å². The van der Waals surface area contributed by atoms with E-state index in [0.29, 0.717) is 6.61 Å². The number of rotatable bonds is 9. The molecule has 0 aromatic heterocycles. The molecule has 1 atom stereocenters. The number of hydrogen-bond acceptors (Lipinski definition) is 2. The summed E-state index contributed by atoms with van der Waals surface area (Å²) in [6.07, 6.45) is 3.13. The lowest BCUT2D eigenvalue weighted by molar-refractivity contribution is 0.130. The van der Waals surface area contributed by atoms with E-state index >= 15 is 0 Å². The maximum absolute atomic E-state index is 13.6. The summed E-state index contributed by atoms with van der Waals surface area (Å²) in [6, 6.07) is 7.02. The maximum Gasteiger partial charge on any atom is 0.127 e. The number of ether oxygens (including phenoxy) is 1. The molecule has 0 aliphatic rings. The SMILES string of the molecule is CCCCOCCNC(CC)c1ccccc1F. The Bertz CT molecular complexity index is 330. The molecule has 2 nitrogen and oxygen atoms in total. The van der Waals surface area contributed by atoms with Gasteiger partial charge in [-0.25, -0.2) is 4.39 Å². The van der Waals surface area contributed by atoms with Crippen LogP contribution >= 0.6 is 0 Å². The minimum absolute atomic E-state index is 0.0703. The lowest BCUT2D eigenvalue weighted by Gasteiger charge is -2.18. The summed E-state index contributed by atoms with van der Waals surface area (Å²) in [5, 5.41) is 3.34. The Morgan fingerprint density at radius 1 is 1.22 bits per heavy atom. The van der Waals surface area contributed by atoms with Crippen LogP contribution < -0.4 is 5.32 Å². The van der Waals surface area contributed by atoms with Crippen LogP contribution in [0.3, 0.4) is 0 Å². The lowest BCUT2D eigenvalue weighted by Crippen LogP contribution is -2.25. The summed E-state index contributed by atoms with van der Waals surface area (Å²) in [5.74, 6) is -0.135. The van der Waals surface area contributed by atoms with Gasteiger partial charge in [0, 0.05) is 24.8 Å². The van der Waals surface area contributed by atoms with Crippen LogP contribution in [0, 0.1) is 5.82 Å². The molecule has 1 N–H and O–H groups in total. The molecule has 1 rings (SSSR count). The first-order valence-corrected chi connectivity index (χ1v) is 6.85. The Hall–Kier alpha value is -0.930. The van der Waals surface area contributed by atoms with Crippen LogP contribution in [0.1, 0.15) is 44.7 Å². The van der Waals surface area contributed by atoms with Crippen molar-refractivity contribution < 1.29 is 9.13 Å². The number of halogens is 1. The van der Waals surface area contributed by atoms with Crippen LogP contribution in [0.5, 0.6) is 0 Å². The van der Waals surface area contributed by atoms with E-state index in [1.807, 2.05) is 12.1 Å². The zero-order valence-electron chi connectivity index (χ0n) is 11.4. The summed E-state index contributed by atoms with van der Waals surface area (Å²) in [7, 11) is 0. The van der Waals surface area contributed by atoms with Crippen molar-refractivity contribution in [2.24, 2.45) is 0 Å². The third-order valence-electron chi connectivity index (χ3n) is 2.97.